The van der Waals surface area contributed by atoms with E-state index in [0.717, 1.165) is 5.75 Å². The molecular formula is C18H16FS+. The van der Waals surface area contributed by atoms with Crippen molar-refractivity contribution in [1.82, 2.24) is 0 Å². The number of rotatable bonds is 3. The molecule has 0 radical (unpaired) electrons. The number of hydrogen-bond acceptors (Lipinski definition) is 0. The van der Waals surface area contributed by atoms with E-state index in [1.54, 1.807) is 12.1 Å². The van der Waals surface area contributed by atoms with Gasteiger partial charge in [-0.3, -0.25) is 0 Å². The highest BCUT2D eigenvalue weighted by molar-refractivity contribution is 7.95. The molecule has 0 N–H and O–H groups in total. The maximum absolute atomic E-state index is 13.0. The van der Waals surface area contributed by atoms with Gasteiger partial charge < -0.3 is 0 Å². The molecule has 3 aromatic carbocycles. The first-order valence-electron chi connectivity index (χ1n) is 6.59. The summed E-state index contributed by atoms with van der Waals surface area (Å²) in [6.07, 6.45) is 2.22. The maximum Gasteiger partial charge on any atom is 0.155 e. The molecule has 0 bridgehead atoms. The molecule has 0 saturated heterocycles. The average Bonchev–Trinajstić information content (AvgIpc) is 2.48. The van der Waals surface area contributed by atoms with E-state index in [1.165, 1.54) is 21.2 Å². The van der Waals surface area contributed by atoms with Crippen LogP contribution in [0.5, 0.6) is 0 Å². The Morgan fingerprint density at radius 2 is 1.55 bits per heavy atom. The summed E-state index contributed by atoms with van der Waals surface area (Å²) < 4.78 is 13.0. The molecule has 0 heterocycles. The molecule has 0 aliphatic carbocycles. The molecule has 0 aromatic heterocycles. The van der Waals surface area contributed by atoms with Gasteiger partial charge >= 0.3 is 0 Å². The second-order valence-electron chi connectivity index (χ2n) is 4.87. The van der Waals surface area contributed by atoms with E-state index in [-0.39, 0.29) is 16.7 Å². The first-order valence-corrected chi connectivity index (χ1v) is 8.39. The molecule has 100 valence electrons. The summed E-state index contributed by atoms with van der Waals surface area (Å²) in [5.41, 5.74) is 1.36. The Morgan fingerprint density at radius 3 is 2.35 bits per heavy atom. The number of fused-ring (bicyclic) bond motifs is 1. The third-order valence-corrected chi connectivity index (χ3v) is 5.29. The van der Waals surface area contributed by atoms with Gasteiger partial charge in [-0.2, -0.15) is 0 Å². The molecule has 0 amide bonds. The second-order valence-corrected chi connectivity index (χ2v) is 6.91. The lowest BCUT2D eigenvalue weighted by molar-refractivity contribution is 0.626. The highest BCUT2D eigenvalue weighted by Crippen LogP contribution is 2.23. The van der Waals surface area contributed by atoms with Crippen LogP contribution in [0.1, 0.15) is 5.56 Å². The first kappa shape index (κ1) is 13.2. The van der Waals surface area contributed by atoms with Gasteiger partial charge in [0.15, 0.2) is 4.90 Å². The third kappa shape index (κ3) is 2.70. The second kappa shape index (κ2) is 5.68. The zero-order valence-corrected chi connectivity index (χ0v) is 12.2. The van der Waals surface area contributed by atoms with Crippen molar-refractivity contribution in [1.29, 1.82) is 0 Å². The summed E-state index contributed by atoms with van der Waals surface area (Å²) >= 11 is 0. The van der Waals surface area contributed by atoms with Gasteiger partial charge in [0.1, 0.15) is 17.8 Å². The van der Waals surface area contributed by atoms with Crippen LogP contribution in [-0.4, -0.2) is 6.26 Å². The van der Waals surface area contributed by atoms with Crippen LogP contribution >= 0.6 is 0 Å². The van der Waals surface area contributed by atoms with Gasteiger partial charge in [0.25, 0.3) is 0 Å². The monoisotopic (exact) mass is 283 g/mol. The minimum Gasteiger partial charge on any atom is -0.207 e. The van der Waals surface area contributed by atoms with Crippen LogP contribution in [0.25, 0.3) is 10.8 Å². The molecular weight excluding hydrogens is 267 g/mol. The summed E-state index contributed by atoms with van der Waals surface area (Å²) in [4.78, 5) is 1.21. The average molecular weight is 283 g/mol. The number of benzene rings is 3. The molecule has 0 aliphatic heterocycles. The smallest absolute Gasteiger partial charge is 0.155 e. The molecule has 3 aromatic rings. The summed E-state index contributed by atoms with van der Waals surface area (Å²) in [7, 11) is 0.0847. The molecule has 1 unspecified atom stereocenters. The quantitative estimate of drug-likeness (QED) is 0.606. The summed E-state index contributed by atoms with van der Waals surface area (Å²) in [6, 6.07) is 21.8. The normalized spacial score (nSPS) is 12.5. The van der Waals surface area contributed by atoms with Crippen molar-refractivity contribution in [2.75, 3.05) is 6.26 Å². The Hall–Kier alpha value is -1.80. The lowest BCUT2D eigenvalue weighted by atomic mass is 10.1. The zero-order valence-electron chi connectivity index (χ0n) is 11.3. The minimum absolute atomic E-state index is 0.0847. The van der Waals surface area contributed by atoms with E-state index in [4.69, 9.17) is 0 Å². The van der Waals surface area contributed by atoms with E-state index >= 15 is 0 Å². The number of hydrogen-bond donors (Lipinski definition) is 0. The van der Waals surface area contributed by atoms with E-state index < -0.39 is 0 Å². The molecule has 0 saturated carbocycles. The lowest BCUT2D eigenvalue weighted by Crippen LogP contribution is -2.04. The van der Waals surface area contributed by atoms with Crippen molar-refractivity contribution in [3.05, 3.63) is 78.1 Å². The zero-order chi connectivity index (χ0) is 13.9. The van der Waals surface area contributed by atoms with Crippen molar-refractivity contribution in [2.24, 2.45) is 0 Å². The third-order valence-electron chi connectivity index (χ3n) is 3.47. The topological polar surface area (TPSA) is 0 Å². The van der Waals surface area contributed by atoms with Gasteiger partial charge in [0.2, 0.25) is 0 Å². The van der Waals surface area contributed by atoms with E-state index in [0.29, 0.717) is 0 Å². The van der Waals surface area contributed by atoms with E-state index in [2.05, 4.69) is 48.7 Å². The van der Waals surface area contributed by atoms with Crippen LogP contribution in [-0.2, 0) is 16.6 Å². The Bertz CT molecular complexity index is 714. The summed E-state index contributed by atoms with van der Waals surface area (Å²) in [6.45, 7) is 0. The molecule has 3 rings (SSSR count). The summed E-state index contributed by atoms with van der Waals surface area (Å²) in [5.74, 6) is 0.823. The molecule has 0 aliphatic rings. The largest absolute Gasteiger partial charge is 0.207 e. The molecule has 2 heteroatoms. The van der Waals surface area contributed by atoms with Gasteiger partial charge in [0.05, 0.1) is 0 Å². The maximum atomic E-state index is 13.0. The van der Waals surface area contributed by atoms with Gasteiger partial charge in [-0.1, -0.05) is 42.5 Å². The van der Waals surface area contributed by atoms with E-state index in [9.17, 15) is 4.39 Å². The van der Waals surface area contributed by atoms with Crippen molar-refractivity contribution in [3.8, 4) is 0 Å². The fraction of sp³-hybridized carbons (Fsp3) is 0.111. The molecule has 0 nitrogen and oxygen atoms in total. The minimum atomic E-state index is -0.170. The predicted molar refractivity (Wildman–Crippen MR) is 85.6 cm³/mol. The molecule has 0 fully saturated rings. The first-order chi connectivity index (χ1) is 9.74. The van der Waals surface area contributed by atoms with Gasteiger partial charge in [-0.25, -0.2) is 4.39 Å². The number of halogens is 1. The lowest BCUT2D eigenvalue weighted by Gasteiger charge is -2.07. The highest BCUT2D eigenvalue weighted by atomic mass is 32.2. The molecule has 1 atom stereocenters. The fourth-order valence-electron chi connectivity index (χ4n) is 2.40. The van der Waals surface area contributed by atoms with Crippen LogP contribution < -0.4 is 0 Å². The molecule has 20 heavy (non-hydrogen) atoms. The van der Waals surface area contributed by atoms with Crippen LogP contribution in [0.3, 0.4) is 0 Å². The Labute approximate surface area is 121 Å². The van der Waals surface area contributed by atoms with Gasteiger partial charge in [-0.05, 0) is 35.0 Å². The van der Waals surface area contributed by atoms with Crippen molar-refractivity contribution in [2.45, 2.75) is 10.6 Å². The SMILES string of the molecule is C[S+](Cc1cccc2ccccc12)c1ccc(F)cc1. The van der Waals surface area contributed by atoms with Crippen LogP contribution in [0.4, 0.5) is 4.39 Å². The Kier molecular flexibility index (Phi) is 3.75. The summed E-state index contributed by atoms with van der Waals surface area (Å²) in [5, 5.41) is 2.59. The van der Waals surface area contributed by atoms with Crippen LogP contribution in [0, 0.1) is 5.82 Å². The predicted octanol–water partition coefficient (Wildman–Crippen LogP) is 4.79. The Balaban J connectivity index is 1.91. The van der Waals surface area contributed by atoms with Gasteiger partial charge in [0, 0.05) is 16.5 Å². The van der Waals surface area contributed by atoms with Crippen LogP contribution in [0.15, 0.2) is 71.6 Å². The van der Waals surface area contributed by atoms with Crippen LogP contribution in [0.2, 0.25) is 0 Å². The molecule has 0 spiro atoms. The standard InChI is InChI=1S/C18H16FS/c1-20(17-11-9-16(19)10-12-17)13-15-7-4-6-14-5-2-3-8-18(14)15/h2-12H,13H2,1H3/q+1. The van der Waals surface area contributed by atoms with Gasteiger partial charge in [-0.15, -0.1) is 0 Å². The van der Waals surface area contributed by atoms with Crippen molar-refractivity contribution < 1.29 is 4.39 Å². The van der Waals surface area contributed by atoms with E-state index in [1.807, 2.05) is 12.1 Å². The Morgan fingerprint density at radius 1 is 0.850 bits per heavy atom. The van der Waals surface area contributed by atoms with Crippen molar-refractivity contribution in [3.63, 3.8) is 0 Å². The van der Waals surface area contributed by atoms with Crippen molar-refractivity contribution >= 4 is 21.7 Å². The fourth-order valence-corrected chi connectivity index (χ4v) is 3.89. The highest BCUT2D eigenvalue weighted by Gasteiger charge is 2.17.